The van der Waals surface area contributed by atoms with Crippen molar-refractivity contribution in [3.8, 4) is 0 Å². The lowest BCUT2D eigenvalue weighted by atomic mass is 10.2. The minimum atomic E-state index is -0.358. The van der Waals surface area contributed by atoms with Crippen molar-refractivity contribution < 1.29 is 25.3 Å². The number of nitrogens with one attached hydrogen (secondary N) is 2. The number of ether oxygens (including phenoxy) is 1. The van der Waals surface area contributed by atoms with Crippen molar-refractivity contribution in [1.29, 1.82) is 0 Å². The second-order valence-corrected chi connectivity index (χ2v) is 4.52. The van der Waals surface area contributed by atoms with Gasteiger partial charge in [0.05, 0.1) is 13.5 Å². The summed E-state index contributed by atoms with van der Waals surface area (Å²) in [5, 5.41) is 4.85. The number of hydrogen-bond donors (Lipinski definition) is 2. The molecule has 0 saturated heterocycles. The van der Waals surface area contributed by atoms with Crippen molar-refractivity contribution in [3.63, 3.8) is 0 Å². The average Bonchev–Trinajstić information content (AvgIpc) is 2.73. The van der Waals surface area contributed by atoms with Crippen molar-refractivity contribution >= 4 is 23.6 Å². The molecule has 0 bridgehead atoms. The molecule has 0 aliphatic carbocycles. The molecule has 0 aromatic carbocycles. The van der Waals surface area contributed by atoms with Crippen LogP contribution in [0.2, 0.25) is 0 Å². The SMILES string of the molecule is CC.CC.CCC.CCC(=O)CCC(=O)NC.CNC(=O)CCC(=O)OC.[2HH]. The van der Waals surface area contributed by atoms with Gasteiger partial charge in [0, 0.05) is 41.2 Å². The van der Waals surface area contributed by atoms with Gasteiger partial charge >= 0.3 is 5.97 Å². The van der Waals surface area contributed by atoms with E-state index in [1.807, 2.05) is 27.7 Å². The summed E-state index contributed by atoms with van der Waals surface area (Å²) in [7, 11) is 4.39. The molecule has 7 heteroatoms. The number of amides is 2. The number of esters is 1. The molecule has 27 heavy (non-hydrogen) atoms. The maximum Gasteiger partial charge on any atom is 0.306 e. The lowest BCUT2D eigenvalue weighted by Crippen LogP contribution is -2.18. The van der Waals surface area contributed by atoms with E-state index in [4.69, 9.17) is 0 Å². The van der Waals surface area contributed by atoms with Crippen LogP contribution in [0.15, 0.2) is 0 Å². The number of carbonyl (C=O) groups is 4. The summed E-state index contributed by atoms with van der Waals surface area (Å²) in [6.07, 6.45) is 2.82. The molecule has 0 aromatic heterocycles. The van der Waals surface area contributed by atoms with E-state index in [-0.39, 0.29) is 37.8 Å². The van der Waals surface area contributed by atoms with Gasteiger partial charge in [-0.1, -0.05) is 54.9 Å². The number of rotatable bonds is 7. The molecular formula is C20H46N2O5. The summed E-state index contributed by atoms with van der Waals surface area (Å²) >= 11 is 0. The van der Waals surface area contributed by atoms with Gasteiger partial charge in [0.15, 0.2) is 0 Å². The number of ketones is 1. The minimum Gasteiger partial charge on any atom is -0.469 e. The van der Waals surface area contributed by atoms with Gasteiger partial charge in [0.25, 0.3) is 0 Å². The van der Waals surface area contributed by atoms with Gasteiger partial charge in [-0.15, -0.1) is 0 Å². The fourth-order valence-electron chi connectivity index (χ4n) is 0.997. The highest BCUT2D eigenvalue weighted by Gasteiger charge is 2.03. The van der Waals surface area contributed by atoms with E-state index in [2.05, 4.69) is 29.2 Å². The molecule has 7 nitrogen and oxygen atoms in total. The largest absolute Gasteiger partial charge is 0.469 e. The summed E-state index contributed by atoms with van der Waals surface area (Å²) in [5.74, 6) is -0.431. The predicted octanol–water partition coefficient (Wildman–Crippen LogP) is 3.89. The molecule has 166 valence electrons. The van der Waals surface area contributed by atoms with Gasteiger partial charge in [-0.05, 0) is 0 Å². The van der Waals surface area contributed by atoms with E-state index in [1.165, 1.54) is 20.6 Å². The first-order valence-corrected chi connectivity index (χ1v) is 9.82. The van der Waals surface area contributed by atoms with E-state index in [0.29, 0.717) is 19.3 Å². The second-order valence-electron chi connectivity index (χ2n) is 4.52. The third-order valence-electron chi connectivity index (χ3n) is 2.37. The summed E-state index contributed by atoms with van der Waals surface area (Å²) in [6.45, 7) is 14.0. The van der Waals surface area contributed by atoms with E-state index >= 15 is 0 Å². The highest BCUT2D eigenvalue weighted by atomic mass is 16.5. The van der Waals surface area contributed by atoms with Crippen LogP contribution in [0.25, 0.3) is 0 Å². The van der Waals surface area contributed by atoms with Crippen molar-refractivity contribution in [2.24, 2.45) is 0 Å². The predicted molar refractivity (Wildman–Crippen MR) is 115 cm³/mol. The molecule has 0 spiro atoms. The van der Waals surface area contributed by atoms with Gasteiger partial charge in [0.2, 0.25) is 11.8 Å². The van der Waals surface area contributed by atoms with Gasteiger partial charge in [-0.2, -0.15) is 0 Å². The lowest BCUT2D eigenvalue weighted by Gasteiger charge is -1.97. The summed E-state index contributed by atoms with van der Waals surface area (Å²) < 4.78 is 4.33. The quantitative estimate of drug-likeness (QED) is 0.637. The zero-order valence-corrected chi connectivity index (χ0v) is 19.3. The minimum absolute atomic E-state index is 0. The van der Waals surface area contributed by atoms with Gasteiger partial charge in [-0.25, -0.2) is 0 Å². The zero-order chi connectivity index (χ0) is 22.7. The maximum absolute atomic E-state index is 10.7. The fraction of sp³-hybridized carbons (Fsp3) is 0.800. The lowest BCUT2D eigenvalue weighted by molar-refractivity contribution is -0.142. The van der Waals surface area contributed by atoms with E-state index in [0.717, 1.165) is 0 Å². The van der Waals surface area contributed by atoms with Crippen molar-refractivity contribution in [3.05, 3.63) is 0 Å². The molecule has 0 aliphatic heterocycles. The van der Waals surface area contributed by atoms with Crippen LogP contribution in [-0.4, -0.2) is 44.8 Å². The molecule has 0 rings (SSSR count). The fourth-order valence-corrected chi connectivity index (χ4v) is 0.997. The summed E-state index contributed by atoms with van der Waals surface area (Å²) in [6, 6.07) is 0. The smallest absolute Gasteiger partial charge is 0.306 e. The van der Waals surface area contributed by atoms with Crippen LogP contribution in [-0.2, 0) is 23.9 Å². The highest BCUT2D eigenvalue weighted by molar-refractivity contribution is 5.84. The molecule has 0 unspecified atom stereocenters. The van der Waals surface area contributed by atoms with Gasteiger partial charge in [-0.3, -0.25) is 19.2 Å². The van der Waals surface area contributed by atoms with Gasteiger partial charge in [0.1, 0.15) is 5.78 Å². The Balaban J connectivity index is -0.0000000636. The Bertz CT molecular complexity index is 287. The van der Waals surface area contributed by atoms with Crippen LogP contribution in [0.4, 0.5) is 0 Å². The first-order valence-electron chi connectivity index (χ1n) is 9.82. The molecule has 0 saturated carbocycles. The standard InChI is InChI=1S/C7H13NO2.C6H11NO3.C3H8.2C2H6.H2/c1-3-6(9)4-5-7(10)8-2;1-7-5(8)3-4-6(9)10-2;1-3-2;2*1-2;/h3-5H2,1-2H3,(H,8,10);3-4H2,1-2H3,(H,7,8);3H2,1-2H3;2*1-2H3;1H/i;;;;;1+1. The normalized spacial score (nSPS) is 7.63. The number of hydrogen-bond acceptors (Lipinski definition) is 5. The molecule has 0 aromatic rings. The Morgan fingerprint density at radius 3 is 1.33 bits per heavy atom. The van der Waals surface area contributed by atoms with Crippen LogP contribution in [0.1, 0.15) is 88.4 Å². The Labute approximate surface area is 168 Å². The third-order valence-corrected chi connectivity index (χ3v) is 2.37. The van der Waals surface area contributed by atoms with Crippen molar-refractivity contribution in [2.45, 2.75) is 87.0 Å². The van der Waals surface area contributed by atoms with Crippen LogP contribution in [0.3, 0.4) is 0 Å². The van der Waals surface area contributed by atoms with E-state index in [1.54, 1.807) is 14.0 Å². The second kappa shape index (κ2) is 35.2. The highest BCUT2D eigenvalue weighted by Crippen LogP contribution is 1.93. The van der Waals surface area contributed by atoms with Crippen molar-refractivity contribution in [1.82, 2.24) is 10.6 Å². The molecular weight excluding hydrogens is 348 g/mol. The first-order chi connectivity index (χ1) is 12.8. The molecule has 2 N–H and O–H groups in total. The first kappa shape index (κ1) is 36.1. The van der Waals surface area contributed by atoms with Crippen molar-refractivity contribution in [2.75, 3.05) is 21.2 Å². The van der Waals surface area contributed by atoms with Crippen LogP contribution in [0, 0.1) is 0 Å². The Morgan fingerprint density at radius 1 is 0.741 bits per heavy atom. The van der Waals surface area contributed by atoms with Gasteiger partial charge < -0.3 is 15.4 Å². The van der Waals surface area contributed by atoms with Crippen LogP contribution >= 0.6 is 0 Å². The maximum atomic E-state index is 10.7. The molecule has 2 amide bonds. The number of methoxy groups -OCH3 is 1. The molecule has 0 heterocycles. The average molecular weight is 396 g/mol. The topological polar surface area (TPSA) is 102 Å². The van der Waals surface area contributed by atoms with Crippen LogP contribution < -0.4 is 10.6 Å². The Kier molecular flexibility index (Phi) is 47.1. The number of carbonyl (C=O) groups excluding carboxylic acids is 4. The zero-order valence-electron chi connectivity index (χ0n) is 19.3. The molecule has 0 atom stereocenters. The molecule has 0 aliphatic rings. The molecule has 0 fully saturated rings. The Morgan fingerprint density at radius 2 is 1.07 bits per heavy atom. The number of Topliss-reactive ketones (excluding diaryl/α,β-unsaturated/α-hetero) is 1. The monoisotopic (exact) mass is 395 g/mol. The Hall–Kier alpha value is -1.92. The van der Waals surface area contributed by atoms with E-state index < -0.39 is 0 Å². The summed E-state index contributed by atoms with van der Waals surface area (Å²) in [5.41, 5.74) is 0. The van der Waals surface area contributed by atoms with Crippen LogP contribution in [0.5, 0.6) is 0 Å². The van der Waals surface area contributed by atoms with E-state index in [9.17, 15) is 19.2 Å². The summed E-state index contributed by atoms with van der Waals surface area (Å²) in [4.78, 5) is 42.2. The third kappa shape index (κ3) is 45.4. The molecule has 0 radical (unpaired) electrons.